The molecule has 3 fully saturated rings. The van der Waals surface area contributed by atoms with Gasteiger partial charge in [-0.3, -0.25) is 0 Å². The standard InChI is InChI=1S/C27H24N.C23H24N.C21H20N.3C10H10N2.3C5H12O2.3Ir/c1-3-7-20(8-4-1)21-11-13-22(14-12-21)24-15-16-26-25(19-24)17-18-28-27(26)23-9-5-2-6-10-23;1-23(2)13-10-17(11-14-23)20-9-8-18-12-15-24-22(21(18)16-20)19-6-4-3-5-7-19;1-3-7-16(8-4-1)19-12-11-17-13-14-22-21(20(17)15-19)18-9-5-2-6-10-18;3*1-11-7-8-12(9-11)10-5-3-2-4-6-10;3*1-4(6)3-5(2)7;;;/h2,5-6,9,11-20H,1,3-4,7-8H2;3-6,8-9,12,15-17H,10-11,13-14H2,1-2H3;2,5-6,9,11-16H,1,3-4,7-8H2;3*2-5,7-9H,1H3;3*4-7H,3H2,1-2H3;;;/q3*-1;3*-2;;;;3*+3. The van der Waals surface area contributed by atoms with Crippen LogP contribution in [0.2, 0.25) is 0 Å². The first kappa shape index (κ1) is 109. The zero-order valence-corrected chi connectivity index (χ0v) is 86.6. The van der Waals surface area contributed by atoms with Gasteiger partial charge in [0.15, 0.2) is 0 Å². The summed E-state index contributed by atoms with van der Waals surface area (Å²) in [5, 5.41) is 58.8. The summed E-state index contributed by atoms with van der Waals surface area (Å²) in [4.78, 5) is 26.0. The summed E-state index contributed by atoms with van der Waals surface area (Å²) in [7, 11) is 6.00. The maximum absolute atomic E-state index is 8.56. The van der Waals surface area contributed by atoms with E-state index in [1.54, 1.807) is 41.5 Å². The van der Waals surface area contributed by atoms with Crippen molar-refractivity contribution in [1.82, 2.24) is 29.7 Å². The van der Waals surface area contributed by atoms with Crippen LogP contribution in [0.4, 0.5) is 17.1 Å². The van der Waals surface area contributed by atoms with Gasteiger partial charge in [-0.25, -0.2) is 0 Å². The SMILES string of the molecule is CC(O)CC(C)O.CC(O)CC(C)O.CC(O)CC(C)O.CC1(C)CCC(c2ccc3ccnc(-c4[c-]cccc4)c3c2)CC1.CN1C=CN(c2[c-]cccc2)[CH-]1.CN1C=CN(c2[c-]cccc2)[CH-]1.CN1C=CN(c2[c-]cccc2)[CH-]1.[Ir+3].[Ir+3].[Ir+3].[c-]1ccccc1-c1nccc2cc(-c3ccc(C4CCCCC4)cc3)ccc12.[c-]1ccccc1-c1nccc2ccc(C3CCCCC3)cc12. The van der Waals surface area contributed by atoms with E-state index in [-0.39, 0.29) is 96.9 Å². The molecule has 13 aromatic rings. The van der Waals surface area contributed by atoms with Crippen LogP contribution in [0.5, 0.6) is 0 Å². The van der Waals surface area contributed by atoms with Crippen molar-refractivity contribution in [2.45, 2.75) is 219 Å². The molecule has 19 rings (SSSR count). The smallest absolute Gasteiger partial charge is 0.510 e. The molecule has 6 atom stereocenters. The topological polar surface area (TPSA) is 179 Å². The van der Waals surface area contributed by atoms with E-state index in [1.807, 2.05) is 242 Å². The maximum Gasteiger partial charge on any atom is 3.00 e. The number of pyridine rings is 3. The molecule has 0 saturated heterocycles. The van der Waals surface area contributed by atoms with Crippen molar-refractivity contribution >= 4 is 49.4 Å². The monoisotopic (exact) mass is 2330 g/mol. The van der Waals surface area contributed by atoms with Gasteiger partial charge in [0.1, 0.15) is 0 Å². The van der Waals surface area contributed by atoms with E-state index in [2.05, 4.69) is 193 Å². The summed E-state index contributed by atoms with van der Waals surface area (Å²) < 4.78 is 0. The molecule has 134 heavy (non-hydrogen) atoms. The van der Waals surface area contributed by atoms with Gasteiger partial charge < -0.3 is 75.0 Å². The molecule has 10 aromatic carbocycles. The molecular weight excluding hydrogens is 2190 g/mol. The summed E-state index contributed by atoms with van der Waals surface area (Å²) in [5.74, 6) is 2.18. The number of para-hydroxylation sites is 3. The van der Waals surface area contributed by atoms with Gasteiger partial charge >= 0.3 is 60.3 Å². The van der Waals surface area contributed by atoms with Crippen molar-refractivity contribution in [3.05, 3.63) is 372 Å². The largest absolute Gasteiger partial charge is 3.00 e. The van der Waals surface area contributed by atoms with Gasteiger partial charge in [-0.1, -0.05) is 125 Å². The van der Waals surface area contributed by atoms with Crippen molar-refractivity contribution in [3.63, 3.8) is 0 Å². The van der Waals surface area contributed by atoms with Crippen LogP contribution in [-0.4, -0.2) is 118 Å². The maximum atomic E-state index is 8.56. The van der Waals surface area contributed by atoms with Gasteiger partial charge in [-0.05, 0) is 295 Å². The fourth-order valence-corrected chi connectivity index (χ4v) is 16.9. The first-order valence-electron chi connectivity index (χ1n) is 46.7. The van der Waals surface area contributed by atoms with Crippen LogP contribution in [-0.2, 0) is 60.3 Å². The molecule has 3 aromatic heterocycles. The molecular formula is C116H134Ir3N9O6. The van der Waals surface area contributed by atoms with E-state index in [4.69, 9.17) is 30.6 Å². The second kappa shape index (κ2) is 57.3. The van der Waals surface area contributed by atoms with Crippen LogP contribution in [0.25, 0.3) is 77.2 Å². The quantitative estimate of drug-likeness (QED) is 0.0503. The first-order valence-corrected chi connectivity index (χ1v) is 46.7. The predicted molar refractivity (Wildman–Crippen MR) is 541 cm³/mol. The minimum Gasteiger partial charge on any atom is -0.510 e. The average molecular weight is 2330 g/mol. The third-order valence-electron chi connectivity index (χ3n) is 23.7. The molecule has 6 aliphatic rings. The Hall–Kier alpha value is -9.84. The average Bonchev–Trinajstić information content (AvgIpc) is 0.862. The number of rotatable bonds is 16. The Morgan fingerprint density at radius 1 is 0.321 bits per heavy atom. The second-order valence-corrected chi connectivity index (χ2v) is 35.9. The van der Waals surface area contributed by atoms with Crippen LogP contribution in [0.3, 0.4) is 0 Å². The summed E-state index contributed by atoms with van der Waals surface area (Å²) in [5.41, 5.74) is 17.0. The van der Waals surface area contributed by atoms with Crippen LogP contribution < -0.4 is 14.7 Å². The molecule has 15 nitrogen and oxygen atoms in total. The Kier molecular flexibility index (Phi) is 46.8. The van der Waals surface area contributed by atoms with Gasteiger partial charge in [0.25, 0.3) is 0 Å². The van der Waals surface area contributed by atoms with Crippen molar-refractivity contribution in [2.75, 3.05) is 35.8 Å². The van der Waals surface area contributed by atoms with Gasteiger partial charge in [0.05, 0.1) is 36.6 Å². The molecule has 18 heteroatoms. The van der Waals surface area contributed by atoms with E-state index in [0.717, 1.165) is 62.7 Å². The number of aliphatic hydroxyl groups is 6. The second-order valence-electron chi connectivity index (χ2n) is 35.9. The Morgan fingerprint density at radius 2 is 0.627 bits per heavy atom. The minimum atomic E-state index is -0.375. The van der Waals surface area contributed by atoms with E-state index in [0.29, 0.717) is 30.6 Å². The molecule has 0 spiro atoms. The van der Waals surface area contributed by atoms with Crippen molar-refractivity contribution in [1.29, 1.82) is 0 Å². The number of anilines is 3. The van der Waals surface area contributed by atoms with E-state index in [9.17, 15) is 0 Å². The van der Waals surface area contributed by atoms with Crippen molar-refractivity contribution in [2.24, 2.45) is 5.41 Å². The van der Waals surface area contributed by atoms with Crippen LogP contribution in [0, 0.1) is 61.8 Å². The fraction of sp³-hybridized carbons (Fsp3) is 0.328. The Morgan fingerprint density at radius 3 is 0.933 bits per heavy atom. The predicted octanol–water partition coefficient (Wildman–Crippen LogP) is 25.4. The van der Waals surface area contributed by atoms with Gasteiger partial charge in [-0.2, -0.15) is 111 Å². The Labute approximate surface area is 840 Å². The fourth-order valence-electron chi connectivity index (χ4n) is 16.9. The molecule has 6 unspecified atom stereocenters. The molecule has 706 valence electrons. The zero-order valence-electron chi connectivity index (χ0n) is 79.4. The number of hydrogen-bond donors (Lipinski definition) is 6. The normalized spacial score (nSPS) is 16.2. The third-order valence-corrected chi connectivity index (χ3v) is 23.7. The van der Waals surface area contributed by atoms with Crippen LogP contribution >= 0.6 is 0 Å². The summed E-state index contributed by atoms with van der Waals surface area (Å²) >= 11 is 0. The van der Waals surface area contributed by atoms with Gasteiger partial charge in [-0.15, -0.1) is 125 Å². The minimum absolute atomic E-state index is 0. The van der Waals surface area contributed by atoms with Crippen LogP contribution in [0.15, 0.2) is 298 Å². The first-order chi connectivity index (χ1) is 63.4. The summed E-state index contributed by atoms with van der Waals surface area (Å²) in [6.07, 6.45) is 35.8. The van der Waals surface area contributed by atoms with E-state index < -0.39 is 0 Å². The van der Waals surface area contributed by atoms with Gasteiger partial charge in [0, 0.05) is 18.6 Å². The zero-order chi connectivity index (χ0) is 92.9. The molecule has 6 heterocycles. The van der Waals surface area contributed by atoms with Crippen molar-refractivity contribution < 1.29 is 91.0 Å². The molecule has 3 aliphatic heterocycles. The number of fused-ring (bicyclic) bond motifs is 3. The van der Waals surface area contributed by atoms with E-state index >= 15 is 0 Å². The molecule has 0 radical (unpaired) electrons. The van der Waals surface area contributed by atoms with Crippen molar-refractivity contribution in [3.8, 4) is 44.9 Å². The number of nitrogens with zero attached hydrogens (tertiary/aromatic N) is 9. The number of aliphatic hydroxyl groups excluding tert-OH is 6. The molecule has 6 N–H and O–H groups in total. The summed E-state index contributed by atoms with van der Waals surface area (Å²) in [6, 6.07) is 104. The number of hydrogen-bond acceptors (Lipinski definition) is 15. The number of aromatic nitrogens is 3. The molecule has 0 amide bonds. The van der Waals surface area contributed by atoms with E-state index in [1.165, 1.54) is 150 Å². The Bertz CT molecular complexity index is 5370. The third kappa shape index (κ3) is 35.7. The Balaban J connectivity index is 0.000000193. The van der Waals surface area contributed by atoms with Gasteiger partial charge in [0.2, 0.25) is 0 Å². The summed E-state index contributed by atoms with van der Waals surface area (Å²) in [6.45, 7) is 20.8. The molecule has 0 bridgehead atoms. The molecule has 3 aliphatic carbocycles. The number of benzene rings is 10. The van der Waals surface area contributed by atoms with Crippen LogP contribution in [0.1, 0.15) is 199 Å². The molecule has 3 saturated carbocycles.